The van der Waals surface area contributed by atoms with Crippen molar-refractivity contribution in [1.29, 1.82) is 0 Å². The summed E-state index contributed by atoms with van der Waals surface area (Å²) >= 11 is 6.01. The third-order valence-electron chi connectivity index (χ3n) is 1.98. The Balaban J connectivity index is 2.73. The van der Waals surface area contributed by atoms with Crippen molar-refractivity contribution in [3.8, 4) is 12.3 Å². The Bertz CT molecular complexity index is 365. The summed E-state index contributed by atoms with van der Waals surface area (Å²) in [7, 11) is 1.80. The van der Waals surface area contributed by atoms with E-state index < -0.39 is 0 Å². The minimum absolute atomic E-state index is 0.203. The van der Waals surface area contributed by atoms with Crippen LogP contribution in [-0.2, 0) is 18.4 Å². The van der Waals surface area contributed by atoms with E-state index in [1.807, 2.05) is 13.8 Å². The van der Waals surface area contributed by atoms with Crippen LogP contribution in [0.25, 0.3) is 0 Å². The summed E-state index contributed by atoms with van der Waals surface area (Å²) in [5, 5.41) is 4.77. The first-order valence-corrected chi connectivity index (χ1v) is 4.69. The molecular weight excluding hydrogens is 200 g/mol. The third-order valence-corrected chi connectivity index (χ3v) is 2.45. The monoisotopic (exact) mass is 212 g/mol. The van der Waals surface area contributed by atoms with E-state index in [1.54, 1.807) is 11.7 Å². The van der Waals surface area contributed by atoms with Crippen LogP contribution in [0.1, 0.15) is 18.2 Å². The van der Waals surface area contributed by atoms with Gasteiger partial charge in [-0.25, -0.2) is 0 Å². The standard InChI is InChI=1S/C10H13ClN2O/c1-5-7(2)14-6-9-8(3)12-13(4)10(9)11/h1,7H,6H2,2-4H3. The number of ether oxygens (including phenoxy) is 1. The summed E-state index contributed by atoms with van der Waals surface area (Å²) in [6.07, 6.45) is 4.99. The number of halogens is 1. The molecule has 1 aromatic heterocycles. The van der Waals surface area contributed by atoms with E-state index in [1.165, 1.54) is 0 Å². The number of hydrogen-bond donors (Lipinski definition) is 0. The molecule has 1 atom stereocenters. The third kappa shape index (κ3) is 2.28. The largest absolute Gasteiger partial charge is 0.361 e. The van der Waals surface area contributed by atoms with Crippen LogP contribution in [0, 0.1) is 19.3 Å². The fourth-order valence-electron chi connectivity index (χ4n) is 1.09. The average Bonchev–Trinajstić information content (AvgIpc) is 2.39. The SMILES string of the molecule is C#CC(C)OCc1c(C)nn(C)c1Cl. The molecule has 0 saturated carbocycles. The van der Waals surface area contributed by atoms with Crippen LogP contribution in [0.2, 0.25) is 5.15 Å². The minimum atomic E-state index is -0.203. The molecule has 0 N–H and O–H groups in total. The van der Waals surface area contributed by atoms with Gasteiger partial charge in [-0.1, -0.05) is 17.5 Å². The normalized spacial score (nSPS) is 12.5. The van der Waals surface area contributed by atoms with Gasteiger partial charge in [0.1, 0.15) is 11.3 Å². The predicted octanol–water partition coefficient (Wildman–Crippen LogP) is 1.92. The summed E-state index contributed by atoms with van der Waals surface area (Å²) in [5.41, 5.74) is 1.78. The van der Waals surface area contributed by atoms with Crippen LogP contribution in [0.3, 0.4) is 0 Å². The van der Waals surface area contributed by atoms with Gasteiger partial charge in [0.15, 0.2) is 0 Å². The molecule has 0 fully saturated rings. The molecule has 0 aliphatic rings. The predicted molar refractivity (Wildman–Crippen MR) is 56.0 cm³/mol. The minimum Gasteiger partial charge on any atom is -0.361 e. The number of aromatic nitrogens is 2. The molecule has 0 aliphatic carbocycles. The molecule has 0 aliphatic heterocycles. The fourth-order valence-corrected chi connectivity index (χ4v) is 1.32. The molecule has 1 heterocycles. The second-order valence-corrected chi connectivity index (χ2v) is 3.46. The maximum absolute atomic E-state index is 6.01. The van der Waals surface area contributed by atoms with Gasteiger partial charge in [0.25, 0.3) is 0 Å². The molecule has 76 valence electrons. The highest BCUT2D eigenvalue weighted by Crippen LogP contribution is 2.19. The zero-order valence-electron chi connectivity index (χ0n) is 8.54. The van der Waals surface area contributed by atoms with Crippen LogP contribution in [0.5, 0.6) is 0 Å². The van der Waals surface area contributed by atoms with Crippen molar-refractivity contribution < 1.29 is 4.74 Å². The lowest BCUT2D eigenvalue weighted by atomic mass is 10.3. The van der Waals surface area contributed by atoms with Crippen molar-refractivity contribution in [3.63, 3.8) is 0 Å². The smallest absolute Gasteiger partial charge is 0.132 e. The van der Waals surface area contributed by atoms with Crippen molar-refractivity contribution in [2.75, 3.05) is 0 Å². The van der Waals surface area contributed by atoms with Gasteiger partial charge < -0.3 is 4.74 Å². The lowest BCUT2D eigenvalue weighted by Crippen LogP contribution is -2.05. The van der Waals surface area contributed by atoms with Gasteiger partial charge >= 0.3 is 0 Å². The molecule has 0 radical (unpaired) electrons. The molecular formula is C10H13ClN2O. The van der Waals surface area contributed by atoms with Crippen LogP contribution < -0.4 is 0 Å². The number of nitrogens with zero attached hydrogens (tertiary/aromatic N) is 2. The van der Waals surface area contributed by atoms with Crippen molar-refractivity contribution in [1.82, 2.24) is 9.78 Å². The van der Waals surface area contributed by atoms with Gasteiger partial charge in [-0.05, 0) is 13.8 Å². The highest BCUT2D eigenvalue weighted by Gasteiger charge is 2.11. The summed E-state index contributed by atoms with van der Waals surface area (Å²) in [6.45, 7) is 4.12. The van der Waals surface area contributed by atoms with Crippen molar-refractivity contribution >= 4 is 11.6 Å². The van der Waals surface area contributed by atoms with Crippen LogP contribution in [0.15, 0.2) is 0 Å². The summed E-state index contributed by atoms with van der Waals surface area (Å²) in [4.78, 5) is 0. The van der Waals surface area contributed by atoms with E-state index in [-0.39, 0.29) is 6.10 Å². The topological polar surface area (TPSA) is 27.1 Å². The Hall–Kier alpha value is -0.980. The van der Waals surface area contributed by atoms with Gasteiger partial charge in [0, 0.05) is 12.6 Å². The molecule has 0 saturated heterocycles. The van der Waals surface area contributed by atoms with Gasteiger partial charge in [-0.2, -0.15) is 5.10 Å². The Morgan fingerprint density at radius 2 is 2.36 bits per heavy atom. The Kier molecular flexibility index (Phi) is 3.56. The van der Waals surface area contributed by atoms with Gasteiger partial charge in [-0.3, -0.25) is 4.68 Å². The molecule has 3 nitrogen and oxygen atoms in total. The summed E-state index contributed by atoms with van der Waals surface area (Å²) in [6, 6.07) is 0. The zero-order chi connectivity index (χ0) is 10.7. The molecule has 14 heavy (non-hydrogen) atoms. The van der Waals surface area contributed by atoms with Crippen molar-refractivity contribution in [2.24, 2.45) is 7.05 Å². The summed E-state index contributed by atoms with van der Waals surface area (Å²) in [5.74, 6) is 2.49. The quantitative estimate of drug-likeness (QED) is 0.716. The van der Waals surface area contributed by atoms with E-state index in [2.05, 4.69) is 11.0 Å². The number of aryl methyl sites for hydroxylation is 2. The van der Waals surface area contributed by atoms with E-state index in [9.17, 15) is 0 Å². The molecule has 0 spiro atoms. The van der Waals surface area contributed by atoms with Gasteiger partial charge in [0.05, 0.1) is 12.3 Å². The molecule has 0 aromatic carbocycles. The molecule has 4 heteroatoms. The molecule has 1 aromatic rings. The van der Waals surface area contributed by atoms with E-state index in [4.69, 9.17) is 22.8 Å². The lowest BCUT2D eigenvalue weighted by Gasteiger charge is -2.06. The Morgan fingerprint density at radius 3 is 2.79 bits per heavy atom. The molecule has 0 amide bonds. The van der Waals surface area contributed by atoms with Crippen LogP contribution in [0.4, 0.5) is 0 Å². The molecule has 1 unspecified atom stereocenters. The van der Waals surface area contributed by atoms with Crippen LogP contribution in [-0.4, -0.2) is 15.9 Å². The first-order chi connectivity index (χ1) is 6.56. The van der Waals surface area contributed by atoms with E-state index in [0.717, 1.165) is 11.3 Å². The number of terminal acetylenes is 1. The maximum Gasteiger partial charge on any atom is 0.132 e. The molecule has 0 bridgehead atoms. The fraction of sp³-hybridized carbons (Fsp3) is 0.500. The zero-order valence-corrected chi connectivity index (χ0v) is 9.30. The van der Waals surface area contributed by atoms with Gasteiger partial charge in [0.2, 0.25) is 0 Å². The first kappa shape index (κ1) is 11.1. The highest BCUT2D eigenvalue weighted by atomic mass is 35.5. The van der Waals surface area contributed by atoms with E-state index in [0.29, 0.717) is 11.8 Å². The number of rotatable bonds is 3. The lowest BCUT2D eigenvalue weighted by molar-refractivity contribution is 0.0898. The highest BCUT2D eigenvalue weighted by molar-refractivity contribution is 6.30. The second-order valence-electron chi connectivity index (χ2n) is 3.10. The molecule has 1 rings (SSSR count). The van der Waals surface area contributed by atoms with Crippen molar-refractivity contribution in [3.05, 3.63) is 16.4 Å². The first-order valence-electron chi connectivity index (χ1n) is 4.32. The average molecular weight is 213 g/mol. The number of hydrogen-bond acceptors (Lipinski definition) is 2. The van der Waals surface area contributed by atoms with Crippen LogP contribution >= 0.6 is 11.6 Å². The Morgan fingerprint density at radius 1 is 1.71 bits per heavy atom. The maximum atomic E-state index is 6.01. The van der Waals surface area contributed by atoms with Crippen molar-refractivity contribution in [2.45, 2.75) is 26.6 Å². The summed E-state index contributed by atoms with van der Waals surface area (Å²) < 4.78 is 7.00. The van der Waals surface area contributed by atoms with E-state index >= 15 is 0 Å². The second kappa shape index (κ2) is 4.50. The van der Waals surface area contributed by atoms with Gasteiger partial charge in [-0.15, -0.1) is 6.42 Å². The Labute approximate surface area is 89.0 Å².